The molecular formula is C13H18ClNO2. The Morgan fingerprint density at radius 3 is 2.53 bits per heavy atom. The maximum absolute atomic E-state index is 11.2. The molecule has 0 N–H and O–H groups in total. The first-order valence-electron chi connectivity index (χ1n) is 5.83. The molecule has 17 heavy (non-hydrogen) atoms. The highest BCUT2D eigenvalue weighted by atomic mass is 35.5. The summed E-state index contributed by atoms with van der Waals surface area (Å²) >= 11 is 5.48. The Morgan fingerprint density at radius 2 is 1.94 bits per heavy atom. The van der Waals surface area contributed by atoms with Crippen molar-refractivity contribution in [1.82, 2.24) is 4.90 Å². The first kappa shape index (κ1) is 14.0. The van der Waals surface area contributed by atoms with Crippen LogP contribution in [0.25, 0.3) is 0 Å². The molecule has 0 aliphatic carbocycles. The van der Waals surface area contributed by atoms with Gasteiger partial charge in [0, 0.05) is 6.54 Å². The van der Waals surface area contributed by atoms with Crippen molar-refractivity contribution in [2.75, 3.05) is 26.2 Å². The molecule has 0 bridgehead atoms. The summed E-state index contributed by atoms with van der Waals surface area (Å²) < 4.78 is 5.59. The van der Waals surface area contributed by atoms with Crippen molar-refractivity contribution in [3.63, 3.8) is 0 Å². The molecular weight excluding hydrogens is 238 g/mol. The molecule has 4 heteroatoms. The molecule has 94 valence electrons. The fourth-order valence-electron chi connectivity index (χ4n) is 1.58. The number of benzene rings is 1. The molecule has 0 aliphatic heterocycles. The van der Waals surface area contributed by atoms with Gasteiger partial charge in [-0.2, -0.15) is 0 Å². The van der Waals surface area contributed by atoms with E-state index in [-0.39, 0.29) is 0 Å². The second-order valence-corrected chi connectivity index (χ2v) is 3.99. The molecule has 0 saturated heterocycles. The van der Waals surface area contributed by atoms with Crippen LogP contribution in [0.3, 0.4) is 0 Å². The minimum absolute atomic E-state index is 0.425. The SMILES string of the molecule is CCN(CC)CCOc1ccccc1C(=O)Cl. The highest BCUT2D eigenvalue weighted by Gasteiger charge is 2.09. The Hall–Kier alpha value is -1.06. The number of carbonyl (C=O) groups is 1. The van der Waals surface area contributed by atoms with Crippen LogP contribution in [-0.2, 0) is 0 Å². The highest BCUT2D eigenvalue weighted by Crippen LogP contribution is 2.19. The van der Waals surface area contributed by atoms with Crippen LogP contribution in [0.1, 0.15) is 24.2 Å². The third-order valence-corrected chi connectivity index (χ3v) is 2.86. The Labute approximate surface area is 107 Å². The maximum atomic E-state index is 11.2. The Kier molecular flexibility index (Phi) is 6.01. The third kappa shape index (κ3) is 4.36. The number of para-hydroxylation sites is 1. The lowest BCUT2D eigenvalue weighted by atomic mass is 10.2. The van der Waals surface area contributed by atoms with E-state index in [4.69, 9.17) is 16.3 Å². The van der Waals surface area contributed by atoms with Gasteiger partial charge >= 0.3 is 0 Å². The molecule has 1 aromatic rings. The molecule has 0 unspecified atom stereocenters. The number of carbonyl (C=O) groups excluding carboxylic acids is 1. The number of hydrogen-bond donors (Lipinski definition) is 0. The number of hydrogen-bond acceptors (Lipinski definition) is 3. The van der Waals surface area contributed by atoms with Crippen LogP contribution in [0.4, 0.5) is 0 Å². The van der Waals surface area contributed by atoms with Crippen molar-refractivity contribution < 1.29 is 9.53 Å². The zero-order valence-corrected chi connectivity index (χ0v) is 11.0. The average molecular weight is 256 g/mol. The predicted molar refractivity (Wildman–Crippen MR) is 69.9 cm³/mol. The molecule has 1 rings (SSSR count). The van der Waals surface area contributed by atoms with Crippen LogP contribution in [0, 0.1) is 0 Å². The lowest BCUT2D eigenvalue weighted by molar-refractivity contribution is 0.107. The minimum atomic E-state index is -0.483. The van der Waals surface area contributed by atoms with Gasteiger partial charge in [-0.3, -0.25) is 4.79 Å². The number of likely N-dealkylation sites (N-methyl/N-ethyl adjacent to an activating group) is 1. The summed E-state index contributed by atoms with van der Waals surface area (Å²) in [5, 5.41) is -0.483. The van der Waals surface area contributed by atoms with Gasteiger partial charge in [0.25, 0.3) is 5.24 Å². The van der Waals surface area contributed by atoms with Crippen molar-refractivity contribution in [2.24, 2.45) is 0 Å². The van der Waals surface area contributed by atoms with E-state index < -0.39 is 5.24 Å². The Morgan fingerprint density at radius 1 is 1.29 bits per heavy atom. The van der Waals surface area contributed by atoms with Gasteiger partial charge in [-0.15, -0.1) is 0 Å². The van der Waals surface area contributed by atoms with Crippen LogP contribution in [0.5, 0.6) is 5.75 Å². The monoisotopic (exact) mass is 255 g/mol. The maximum Gasteiger partial charge on any atom is 0.256 e. The number of rotatable bonds is 7. The van der Waals surface area contributed by atoms with Gasteiger partial charge in [0.15, 0.2) is 0 Å². The summed E-state index contributed by atoms with van der Waals surface area (Å²) in [6.45, 7) is 7.62. The molecule has 0 amide bonds. The summed E-state index contributed by atoms with van der Waals surface area (Å²) in [5.41, 5.74) is 0.425. The molecule has 0 spiro atoms. The van der Waals surface area contributed by atoms with Crippen molar-refractivity contribution >= 4 is 16.8 Å². The molecule has 0 heterocycles. The van der Waals surface area contributed by atoms with Gasteiger partial charge in [-0.05, 0) is 36.8 Å². The molecule has 0 aromatic heterocycles. The predicted octanol–water partition coefficient (Wildman–Crippen LogP) is 2.79. The number of halogens is 1. The van der Waals surface area contributed by atoms with E-state index in [1.807, 2.05) is 6.07 Å². The highest BCUT2D eigenvalue weighted by molar-refractivity contribution is 6.68. The van der Waals surface area contributed by atoms with Crippen LogP contribution in [-0.4, -0.2) is 36.4 Å². The van der Waals surface area contributed by atoms with E-state index in [1.54, 1.807) is 18.2 Å². The van der Waals surface area contributed by atoms with Gasteiger partial charge in [-0.1, -0.05) is 26.0 Å². The standard InChI is InChI=1S/C13H18ClNO2/c1-3-15(4-2)9-10-17-12-8-6-5-7-11(12)13(14)16/h5-8H,3-4,9-10H2,1-2H3. The first-order chi connectivity index (χ1) is 8.19. The van der Waals surface area contributed by atoms with Crippen LogP contribution in [0.15, 0.2) is 24.3 Å². The van der Waals surface area contributed by atoms with Gasteiger partial charge in [0.05, 0.1) is 5.56 Å². The van der Waals surface area contributed by atoms with Crippen LogP contribution >= 0.6 is 11.6 Å². The smallest absolute Gasteiger partial charge is 0.256 e. The lowest BCUT2D eigenvalue weighted by Crippen LogP contribution is -2.28. The van der Waals surface area contributed by atoms with E-state index >= 15 is 0 Å². The lowest BCUT2D eigenvalue weighted by Gasteiger charge is -2.18. The van der Waals surface area contributed by atoms with Crippen LogP contribution in [0.2, 0.25) is 0 Å². The first-order valence-corrected chi connectivity index (χ1v) is 6.20. The second kappa shape index (κ2) is 7.30. The van der Waals surface area contributed by atoms with Crippen molar-refractivity contribution in [2.45, 2.75) is 13.8 Å². The summed E-state index contributed by atoms with van der Waals surface area (Å²) in [7, 11) is 0. The number of nitrogens with zero attached hydrogens (tertiary/aromatic N) is 1. The summed E-state index contributed by atoms with van der Waals surface area (Å²) in [6.07, 6.45) is 0. The fourth-order valence-corrected chi connectivity index (χ4v) is 1.74. The van der Waals surface area contributed by atoms with Crippen LogP contribution < -0.4 is 4.74 Å². The topological polar surface area (TPSA) is 29.5 Å². The zero-order chi connectivity index (χ0) is 12.7. The molecule has 0 fully saturated rings. The molecule has 0 atom stereocenters. The van der Waals surface area contributed by atoms with E-state index in [0.717, 1.165) is 19.6 Å². The zero-order valence-electron chi connectivity index (χ0n) is 10.3. The summed E-state index contributed by atoms with van der Waals surface area (Å²) in [6, 6.07) is 7.03. The second-order valence-electron chi connectivity index (χ2n) is 3.65. The molecule has 3 nitrogen and oxygen atoms in total. The molecule has 0 radical (unpaired) electrons. The summed E-state index contributed by atoms with van der Waals surface area (Å²) in [4.78, 5) is 13.4. The van der Waals surface area contributed by atoms with Gasteiger partial charge in [0.2, 0.25) is 0 Å². The van der Waals surface area contributed by atoms with E-state index in [2.05, 4.69) is 18.7 Å². The Bertz CT molecular complexity index is 364. The normalized spacial score (nSPS) is 10.6. The fraction of sp³-hybridized carbons (Fsp3) is 0.462. The van der Waals surface area contributed by atoms with Gasteiger partial charge < -0.3 is 9.64 Å². The third-order valence-electron chi connectivity index (χ3n) is 2.66. The largest absolute Gasteiger partial charge is 0.491 e. The van der Waals surface area contributed by atoms with E-state index in [9.17, 15) is 4.79 Å². The minimum Gasteiger partial charge on any atom is -0.491 e. The van der Waals surface area contributed by atoms with Crippen molar-refractivity contribution in [3.8, 4) is 5.75 Å². The van der Waals surface area contributed by atoms with Crippen molar-refractivity contribution in [3.05, 3.63) is 29.8 Å². The van der Waals surface area contributed by atoms with E-state index in [1.165, 1.54) is 0 Å². The molecule has 0 saturated carbocycles. The van der Waals surface area contributed by atoms with Gasteiger partial charge in [-0.25, -0.2) is 0 Å². The Balaban J connectivity index is 2.54. The molecule has 1 aromatic carbocycles. The average Bonchev–Trinajstić information content (AvgIpc) is 2.35. The van der Waals surface area contributed by atoms with Gasteiger partial charge in [0.1, 0.15) is 12.4 Å². The quantitative estimate of drug-likeness (QED) is 0.702. The van der Waals surface area contributed by atoms with E-state index in [0.29, 0.717) is 17.9 Å². The number of ether oxygens (including phenoxy) is 1. The molecule has 0 aliphatic rings. The van der Waals surface area contributed by atoms with Crippen molar-refractivity contribution in [1.29, 1.82) is 0 Å². The summed E-state index contributed by atoms with van der Waals surface area (Å²) in [5.74, 6) is 0.555.